The summed E-state index contributed by atoms with van der Waals surface area (Å²) in [6.07, 6.45) is -5.46. The third kappa shape index (κ3) is 4.64. The summed E-state index contributed by atoms with van der Waals surface area (Å²) in [5.41, 5.74) is 0.503. The smallest absolute Gasteiger partial charge is 0.425 e. The average molecular weight is 252 g/mol. The number of aromatic nitrogens is 1. The molecule has 0 bridgehead atoms. The number of rotatable bonds is 5. The molecule has 1 aromatic heterocycles. The minimum Gasteiger partial charge on any atom is -0.437 e. The van der Waals surface area contributed by atoms with Crippen LogP contribution in [0.2, 0.25) is 0 Å². The van der Waals surface area contributed by atoms with E-state index in [0.717, 1.165) is 6.92 Å². The third-order valence-electron chi connectivity index (χ3n) is 1.96. The van der Waals surface area contributed by atoms with Gasteiger partial charge in [-0.15, -0.1) is 0 Å². The molecular formula is C10H15F3N2O2. The lowest BCUT2D eigenvalue weighted by Crippen LogP contribution is -2.31. The molecule has 1 unspecified atom stereocenters. The first kappa shape index (κ1) is 13.8. The van der Waals surface area contributed by atoms with Crippen molar-refractivity contribution >= 4 is 0 Å². The van der Waals surface area contributed by atoms with Crippen molar-refractivity contribution in [3.8, 4) is 6.08 Å². The lowest BCUT2D eigenvalue weighted by atomic mass is 10.4. The van der Waals surface area contributed by atoms with Gasteiger partial charge in [-0.25, -0.2) is 0 Å². The largest absolute Gasteiger partial charge is 0.437 e. The number of ether oxygens (including phenoxy) is 1. The molecule has 0 aliphatic heterocycles. The van der Waals surface area contributed by atoms with Gasteiger partial charge in [-0.2, -0.15) is 18.2 Å². The quantitative estimate of drug-likeness (QED) is 0.874. The Morgan fingerprint density at radius 3 is 2.59 bits per heavy atom. The molecule has 1 atom stereocenters. The fraction of sp³-hybridized carbons (Fsp3) is 0.700. The fourth-order valence-corrected chi connectivity index (χ4v) is 0.950. The molecule has 0 saturated carbocycles. The predicted molar refractivity (Wildman–Crippen MR) is 54.6 cm³/mol. The number of nitrogens with one attached hydrogen (secondary N) is 1. The monoisotopic (exact) mass is 252 g/mol. The molecule has 1 rings (SSSR count). The van der Waals surface area contributed by atoms with Crippen molar-refractivity contribution in [3.63, 3.8) is 0 Å². The van der Waals surface area contributed by atoms with Crippen molar-refractivity contribution < 1.29 is 22.3 Å². The van der Waals surface area contributed by atoms with Gasteiger partial charge in [0.15, 0.2) is 6.10 Å². The summed E-state index contributed by atoms with van der Waals surface area (Å²) in [4.78, 5) is 3.78. The first-order valence-electron chi connectivity index (χ1n) is 5.20. The van der Waals surface area contributed by atoms with Crippen LogP contribution in [-0.2, 0) is 6.54 Å². The van der Waals surface area contributed by atoms with E-state index < -0.39 is 12.3 Å². The number of alkyl halides is 3. The van der Waals surface area contributed by atoms with E-state index in [1.165, 1.54) is 6.26 Å². The first-order valence-corrected chi connectivity index (χ1v) is 5.20. The minimum absolute atomic E-state index is 0.255. The van der Waals surface area contributed by atoms with Crippen molar-refractivity contribution in [1.82, 2.24) is 10.3 Å². The average Bonchev–Trinajstić information content (AvgIpc) is 2.61. The van der Waals surface area contributed by atoms with Crippen LogP contribution in [0.25, 0.3) is 0 Å². The van der Waals surface area contributed by atoms with Crippen molar-refractivity contribution in [2.75, 3.05) is 0 Å². The van der Waals surface area contributed by atoms with Crippen LogP contribution in [-0.4, -0.2) is 23.3 Å². The molecule has 1 aromatic rings. The van der Waals surface area contributed by atoms with Gasteiger partial charge in [0.05, 0.1) is 5.69 Å². The SMILES string of the molecule is CC(C)NCc1coc(OC(C)C(F)(F)F)n1. The van der Waals surface area contributed by atoms with Crippen molar-refractivity contribution in [3.05, 3.63) is 12.0 Å². The molecule has 0 aliphatic carbocycles. The molecule has 4 nitrogen and oxygen atoms in total. The predicted octanol–water partition coefficient (Wildman–Crippen LogP) is 2.50. The Hall–Kier alpha value is -1.24. The zero-order valence-corrected chi connectivity index (χ0v) is 9.84. The first-order chi connectivity index (χ1) is 7.79. The molecule has 0 saturated heterocycles. The van der Waals surface area contributed by atoms with Gasteiger partial charge in [0.25, 0.3) is 0 Å². The summed E-state index contributed by atoms with van der Waals surface area (Å²) in [6.45, 7) is 5.22. The van der Waals surface area contributed by atoms with Crippen LogP contribution in [0.15, 0.2) is 10.7 Å². The van der Waals surface area contributed by atoms with Gasteiger partial charge in [0.2, 0.25) is 0 Å². The van der Waals surface area contributed by atoms with Crippen LogP contribution in [0, 0.1) is 0 Å². The van der Waals surface area contributed by atoms with E-state index in [1.54, 1.807) is 0 Å². The summed E-state index contributed by atoms with van der Waals surface area (Å²) < 4.78 is 45.9. The zero-order chi connectivity index (χ0) is 13.1. The van der Waals surface area contributed by atoms with Gasteiger partial charge in [0.1, 0.15) is 6.26 Å². The van der Waals surface area contributed by atoms with E-state index in [0.29, 0.717) is 12.2 Å². The summed E-state index contributed by atoms with van der Waals surface area (Å²) in [7, 11) is 0. The fourth-order valence-electron chi connectivity index (χ4n) is 0.950. The molecule has 0 fully saturated rings. The van der Waals surface area contributed by atoms with Gasteiger partial charge in [-0.1, -0.05) is 13.8 Å². The second-order valence-electron chi connectivity index (χ2n) is 3.94. The van der Waals surface area contributed by atoms with E-state index in [1.807, 2.05) is 13.8 Å². The Kier molecular flexibility index (Phi) is 4.39. The number of hydrogen-bond acceptors (Lipinski definition) is 4. The van der Waals surface area contributed by atoms with E-state index in [-0.39, 0.29) is 12.1 Å². The van der Waals surface area contributed by atoms with E-state index in [9.17, 15) is 13.2 Å². The van der Waals surface area contributed by atoms with Crippen molar-refractivity contribution in [1.29, 1.82) is 0 Å². The Bertz CT molecular complexity index is 350. The van der Waals surface area contributed by atoms with Gasteiger partial charge >= 0.3 is 12.3 Å². The highest BCUT2D eigenvalue weighted by molar-refractivity contribution is 5.00. The van der Waals surface area contributed by atoms with Gasteiger partial charge in [-0.3, -0.25) is 0 Å². The topological polar surface area (TPSA) is 47.3 Å². The highest BCUT2D eigenvalue weighted by atomic mass is 19.4. The maximum absolute atomic E-state index is 12.2. The second-order valence-corrected chi connectivity index (χ2v) is 3.94. The van der Waals surface area contributed by atoms with Crippen LogP contribution in [0.4, 0.5) is 13.2 Å². The third-order valence-corrected chi connectivity index (χ3v) is 1.96. The molecule has 0 aliphatic rings. The molecule has 1 heterocycles. The standard InChI is InChI=1S/C10H15F3N2O2/c1-6(2)14-4-8-5-16-9(15-8)17-7(3)10(11,12)13/h5-7,14H,4H2,1-3H3. The molecular weight excluding hydrogens is 237 g/mol. The van der Waals surface area contributed by atoms with Crippen molar-refractivity contribution in [2.24, 2.45) is 0 Å². The van der Waals surface area contributed by atoms with Gasteiger partial charge < -0.3 is 14.5 Å². The highest BCUT2D eigenvalue weighted by Crippen LogP contribution is 2.24. The Morgan fingerprint density at radius 2 is 2.06 bits per heavy atom. The number of nitrogens with zero attached hydrogens (tertiary/aromatic N) is 1. The normalized spacial score (nSPS) is 14.1. The number of hydrogen-bond donors (Lipinski definition) is 1. The summed E-state index contributed by atoms with van der Waals surface area (Å²) in [5.74, 6) is 0. The van der Waals surface area contributed by atoms with Gasteiger partial charge in [0, 0.05) is 12.6 Å². The summed E-state index contributed by atoms with van der Waals surface area (Å²) >= 11 is 0. The molecule has 1 N–H and O–H groups in total. The highest BCUT2D eigenvalue weighted by Gasteiger charge is 2.39. The minimum atomic E-state index is -4.43. The van der Waals surface area contributed by atoms with Crippen LogP contribution in [0.5, 0.6) is 6.08 Å². The van der Waals surface area contributed by atoms with Crippen molar-refractivity contribution in [2.45, 2.75) is 45.6 Å². The molecule has 98 valence electrons. The summed E-state index contributed by atoms with van der Waals surface area (Å²) in [5, 5.41) is 3.06. The summed E-state index contributed by atoms with van der Waals surface area (Å²) in [6, 6.07) is 0.255. The van der Waals surface area contributed by atoms with Gasteiger partial charge in [-0.05, 0) is 6.92 Å². The Morgan fingerprint density at radius 1 is 1.41 bits per heavy atom. The van der Waals surface area contributed by atoms with Crippen LogP contribution in [0.1, 0.15) is 26.5 Å². The number of halogens is 3. The maximum Gasteiger partial charge on any atom is 0.425 e. The van der Waals surface area contributed by atoms with E-state index in [4.69, 9.17) is 4.42 Å². The molecule has 0 amide bonds. The van der Waals surface area contributed by atoms with E-state index >= 15 is 0 Å². The Labute approximate surface area is 97.2 Å². The second kappa shape index (κ2) is 5.39. The molecule has 7 heteroatoms. The van der Waals surface area contributed by atoms with Crippen LogP contribution < -0.4 is 10.1 Å². The Balaban J connectivity index is 2.51. The molecule has 0 spiro atoms. The number of oxazole rings is 1. The van der Waals surface area contributed by atoms with E-state index in [2.05, 4.69) is 15.0 Å². The molecule has 0 radical (unpaired) electrons. The zero-order valence-electron chi connectivity index (χ0n) is 9.84. The van der Waals surface area contributed by atoms with Crippen LogP contribution in [0.3, 0.4) is 0 Å². The van der Waals surface area contributed by atoms with Crippen LogP contribution >= 0.6 is 0 Å². The molecule has 0 aromatic carbocycles. The molecule has 17 heavy (non-hydrogen) atoms. The maximum atomic E-state index is 12.2. The lowest BCUT2D eigenvalue weighted by molar-refractivity contribution is -0.193. The lowest BCUT2D eigenvalue weighted by Gasteiger charge is -2.14.